The van der Waals surface area contributed by atoms with Gasteiger partial charge in [-0.3, -0.25) is 4.79 Å². The van der Waals surface area contributed by atoms with Crippen LogP contribution < -0.4 is 11.1 Å². The highest BCUT2D eigenvalue weighted by Gasteiger charge is 2.63. The average Bonchev–Trinajstić information content (AvgIpc) is 3.23. The molecule has 0 radical (unpaired) electrons. The highest BCUT2D eigenvalue weighted by Crippen LogP contribution is 2.59. The van der Waals surface area contributed by atoms with Crippen molar-refractivity contribution in [2.45, 2.75) is 88.7 Å². The molecule has 3 atom stereocenters. The van der Waals surface area contributed by atoms with Crippen LogP contribution in [0, 0.1) is 17.8 Å². The van der Waals surface area contributed by atoms with Crippen LogP contribution in [0.5, 0.6) is 0 Å². The third kappa shape index (κ3) is 3.59. The Balaban J connectivity index is 1.26. The molecule has 0 aromatic heterocycles. The zero-order valence-electron chi connectivity index (χ0n) is 15.5. The Bertz CT molecular complexity index is 524. The molecular weight excluding hydrogens is 320 g/mol. The summed E-state index contributed by atoms with van der Waals surface area (Å²) in [5.41, 5.74) is 5.55. The first-order valence-corrected chi connectivity index (χ1v) is 9.90. The van der Waals surface area contributed by atoms with Gasteiger partial charge in [0.15, 0.2) is 0 Å². The summed E-state index contributed by atoms with van der Waals surface area (Å²) < 4.78 is 6.46. The molecular formula is C19H32N2O4. The zero-order valence-corrected chi connectivity index (χ0v) is 15.5. The van der Waals surface area contributed by atoms with E-state index in [1.807, 2.05) is 13.8 Å². The molecule has 142 valence electrons. The molecule has 4 fully saturated rings. The molecule has 1 heterocycles. The molecule has 1 amide bonds. The molecule has 1 aliphatic heterocycles. The smallest absolute Gasteiger partial charge is 0.220 e. The SMILES string of the molecule is CC(C)(N)CNC(=O)CC1CCC2(CC1)OO[C@]1(C[C@@H]3CC[C@H]1C3)O2. The maximum atomic E-state index is 12.1. The number of hydrogen-bond donors (Lipinski definition) is 2. The standard InChI is InChI=1S/C19H32N2O4/c1-17(2,20)12-21-16(22)10-13-5-7-18(8-6-13)23-19(25-24-18)11-14-3-4-15(19)9-14/h13-15H,3-12,20H2,1-2H3,(H,21,22)/t13?,14-,15+,18?,19+/m1/s1. The van der Waals surface area contributed by atoms with Gasteiger partial charge in [-0.15, -0.1) is 0 Å². The molecule has 25 heavy (non-hydrogen) atoms. The van der Waals surface area contributed by atoms with Crippen LogP contribution in [-0.4, -0.2) is 29.6 Å². The van der Waals surface area contributed by atoms with Crippen molar-refractivity contribution in [3.8, 4) is 0 Å². The van der Waals surface area contributed by atoms with Crippen LogP contribution in [0.4, 0.5) is 0 Å². The molecule has 6 nitrogen and oxygen atoms in total. The van der Waals surface area contributed by atoms with Gasteiger partial charge in [-0.1, -0.05) is 0 Å². The second kappa shape index (κ2) is 6.19. The second-order valence-electron chi connectivity index (χ2n) is 9.48. The van der Waals surface area contributed by atoms with E-state index in [2.05, 4.69) is 5.32 Å². The average molecular weight is 352 g/mol. The fourth-order valence-electron chi connectivity index (χ4n) is 5.12. The van der Waals surface area contributed by atoms with E-state index in [-0.39, 0.29) is 11.4 Å². The van der Waals surface area contributed by atoms with Gasteiger partial charge in [0.25, 0.3) is 0 Å². The highest BCUT2D eigenvalue weighted by molar-refractivity contribution is 5.76. The van der Waals surface area contributed by atoms with Gasteiger partial charge >= 0.3 is 0 Å². The van der Waals surface area contributed by atoms with Crippen LogP contribution in [0.1, 0.15) is 71.6 Å². The highest BCUT2D eigenvalue weighted by atomic mass is 17.3. The molecule has 0 unspecified atom stereocenters. The van der Waals surface area contributed by atoms with E-state index in [9.17, 15) is 4.79 Å². The Kier molecular flexibility index (Phi) is 4.38. The zero-order chi connectivity index (χ0) is 17.7. The van der Waals surface area contributed by atoms with Crippen molar-refractivity contribution in [2.24, 2.45) is 23.5 Å². The molecule has 4 rings (SSSR count). The molecule has 0 aromatic rings. The molecule has 1 saturated heterocycles. The van der Waals surface area contributed by atoms with E-state index in [0.717, 1.165) is 38.0 Å². The summed E-state index contributed by atoms with van der Waals surface area (Å²) >= 11 is 0. The number of carbonyl (C=O) groups is 1. The van der Waals surface area contributed by atoms with Gasteiger partial charge in [-0.2, -0.15) is 9.78 Å². The van der Waals surface area contributed by atoms with Gasteiger partial charge in [-0.25, -0.2) is 0 Å². The summed E-state index contributed by atoms with van der Waals surface area (Å²) in [4.78, 5) is 23.7. The Morgan fingerprint density at radius 2 is 1.96 bits per heavy atom. The fourth-order valence-corrected chi connectivity index (χ4v) is 5.12. The minimum atomic E-state index is -0.573. The third-order valence-corrected chi connectivity index (χ3v) is 6.51. The lowest BCUT2D eigenvalue weighted by molar-refractivity contribution is -0.362. The lowest BCUT2D eigenvalue weighted by atomic mass is 9.82. The van der Waals surface area contributed by atoms with Crippen LogP contribution in [0.3, 0.4) is 0 Å². The van der Waals surface area contributed by atoms with E-state index in [4.69, 9.17) is 20.2 Å². The van der Waals surface area contributed by atoms with Crippen molar-refractivity contribution in [2.75, 3.05) is 6.54 Å². The van der Waals surface area contributed by atoms with E-state index < -0.39 is 11.6 Å². The number of nitrogens with one attached hydrogen (secondary N) is 1. The van der Waals surface area contributed by atoms with Crippen molar-refractivity contribution >= 4 is 5.91 Å². The Hall–Kier alpha value is -0.690. The predicted molar refractivity (Wildman–Crippen MR) is 92.0 cm³/mol. The molecule has 3 saturated carbocycles. The van der Waals surface area contributed by atoms with Crippen LogP contribution in [0.15, 0.2) is 0 Å². The van der Waals surface area contributed by atoms with Crippen LogP contribution >= 0.6 is 0 Å². The minimum Gasteiger partial charge on any atom is -0.354 e. The van der Waals surface area contributed by atoms with E-state index in [0.29, 0.717) is 24.8 Å². The first-order valence-electron chi connectivity index (χ1n) is 9.90. The summed E-state index contributed by atoms with van der Waals surface area (Å²) in [5.74, 6) is 0.677. The van der Waals surface area contributed by atoms with Crippen LogP contribution in [0.25, 0.3) is 0 Å². The largest absolute Gasteiger partial charge is 0.354 e. The van der Waals surface area contributed by atoms with Crippen LogP contribution in [-0.2, 0) is 19.3 Å². The van der Waals surface area contributed by atoms with Gasteiger partial charge in [0.1, 0.15) is 0 Å². The summed E-state index contributed by atoms with van der Waals surface area (Å²) in [7, 11) is 0. The number of carbonyl (C=O) groups excluding carboxylic acids is 1. The van der Waals surface area contributed by atoms with E-state index in [1.165, 1.54) is 19.3 Å². The molecule has 2 spiro atoms. The van der Waals surface area contributed by atoms with Crippen molar-refractivity contribution in [1.29, 1.82) is 0 Å². The van der Waals surface area contributed by atoms with Gasteiger partial charge in [0.05, 0.1) is 0 Å². The number of fused-ring (bicyclic) bond motifs is 3. The second-order valence-corrected chi connectivity index (χ2v) is 9.48. The van der Waals surface area contributed by atoms with Gasteiger partial charge in [-0.05, 0) is 57.8 Å². The molecule has 2 bridgehead atoms. The lowest BCUT2D eigenvalue weighted by Gasteiger charge is -2.36. The normalized spacial score (nSPS) is 43.2. The number of nitrogens with two attached hydrogens (primary N) is 1. The number of hydrogen-bond acceptors (Lipinski definition) is 5. The van der Waals surface area contributed by atoms with Gasteiger partial charge < -0.3 is 15.8 Å². The predicted octanol–water partition coefficient (Wildman–Crippen LogP) is 2.61. The van der Waals surface area contributed by atoms with Crippen molar-refractivity contribution in [3.05, 3.63) is 0 Å². The first-order chi connectivity index (χ1) is 11.8. The maximum absolute atomic E-state index is 12.1. The molecule has 6 heteroatoms. The van der Waals surface area contributed by atoms with Crippen molar-refractivity contribution < 1.29 is 19.3 Å². The molecule has 3 aliphatic carbocycles. The number of rotatable bonds is 4. The monoisotopic (exact) mass is 352 g/mol. The minimum absolute atomic E-state index is 0.0913. The van der Waals surface area contributed by atoms with Gasteiger partial charge in [0, 0.05) is 43.7 Å². The topological polar surface area (TPSA) is 82.8 Å². The third-order valence-electron chi connectivity index (χ3n) is 6.51. The Morgan fingerprint density at radius 1 is 1.20 bits per heavy atom. The van der Waals surface area contributed by atoms with Crippen molar-refractivity contribution in [1.82, 2.24) is 5.32 Å². The molecule has 4 aliphatic rings. The van der Waals surface area contributed by atoms with Crippen LogP contribution in [0.2, 0.25) is 0 Å². The molecule has 3 N–H and O–H groups in total. The fraction of sp³-hybridized carbons (Fsp3) is 0.947. The lowest BCUT2D eigenvalue weighted by Crippen LogP contribution is -2.46. The Labute approximate surface area is 150 Å². The number of amides is 1. The summed E-state index contributed by atoms with van der Waals surface area (Å²) in [6.07, 6.45) is 8.77. The molecule has 0 aromatic carbocycles. The summed E-state index contributed by atoms with van der Waals surface area (Å²) in [5, 5.41) is 2.94. The first kappa shape index (κ1) is 17.7. The summed E-state index contributed by atoms with van der Waals surface area (Å²) in [6, 6.07) is 0. The quantitative estimate of drug-likeness (QED) is 0.760. The Morgan fingerprint density at radius 3 is 2.56 bits per heavy atom. The number of ether oxygens (including phenoxy) is 1. The van der Waals surface area contributed by atoms with Gasteiger partial charge in [0.2, 0.25) is 17.5 Å². The maximum Gasteiger partial charge on any atom is 0.220 e. The van der Waals surface area contributed by atoms with E-state index >= 15 is 0 Å². The summed E-state index contributed by atoms with van der Waals surface area (Å²) in [6.45, 7) is 4.34. The van der Waals surface area contributed by atoms with E-state index in [1.54, 1.807) is 0 Å². The van der Waals surface area contributed by atoms with Crippen molar-refractivity contribution in [3.63, 3.8) is 0 Å².